The van der Waals surface area contributed by atoms with Gasteiger partial charge in [0.2, 0.25) is 10.0 Å². The molecule has 1 N–H and O–H groups in total. The molecule has 0 fully saturated rings. The smallest absolute Gasteiger partial charge is 0.244 e. The molecule has 0 bridgehead atoms. The quantitative estimate of drug-likeness (QED) is 0.857. The lowest BCUT2D eigenvalue weighted by atomic mass is 10.3. The van der Waals surface area contributed by atoms with E-state index >= 15 is 0 Å². The highest BCUT2D eigenvalue weighted by Gasteiger charge is 2.23. The van der Waals surface area contributed by atoms with Gasteiger partial charge in [-0.2, -0.15) is 0 Å². The molecule has 5 nitrogen and oxygen atoms in total. The normalized spacial score (nSPS) is 12.6. The molecular weight excluding hydrogens is 252 g/mol. The van der Waals surface area contributed by atoms with Crippen LogP contribution in [0.5, 0.6) is 0 Å². The van der Waals surface area contributed by atoms with Crippen molar-refractivity contribution < 1.29 is 13.5 Å². The number of hydrogen-bond acceptors (Lipinski definition) is 3. The third-order valence-corrected chi connectivity index (χ3v) is 4.69. The molecule has 1 rings (SSSR count). The Morgan fingerprint density at radius 2 is 2.06 bits per heavy atom. The van der Waals surface area contributed by atoms with E-state index in [-0.39, 0.29) is 17.5 Å². The summed E-state index contributed by atoms with van der Waals surface area (Å²) in [6, 6.07) is 1.66. The summed E-state index contributed by atoms with van der Waals surface area (Å²) in [6.45, 7) is 6.16. The highest BCUT2D eigenvalue weighted by molar-refractivity contribution is 7.89. The number of hydrogen-bond donors (Lipinski definition) is 1. The molecule has 0 radical (unpaired) electrons. The van der Waals surface area contributed by atoms with Crippen molar-refractivity contribution in [2.75, 3.05) is 13.6 Å². The fourth-order valence-corrected chi connectivity index (χ4v) is 3.17. The van der Waals surface area contributed by atoms with Gasteiger partial charge in [-0.1, -0.05) is 6.92 Å². The largest absolute Gasteiger partial charge is 0.390 e. The second kappa shape index (κ2) is 5.86. The van der Waals surface area contributed by atoms with E-state index in [2.05, 4.69) is 0 Å². The van der Waals surface area contributed by atoms with E-state index in [0.717, 1.165) is 6.42 Å². The second-order valence-corrected chi connectivity index (χ2v) is 6.70. The number of aliphatic hydroxyl groups excluding tert-OH is 1. The van der Waals surface area contributed by atoms with Gasteiger partial charge in [0.05, 0.1) is 6.61 Å². The third-order valence-electron chi connectivity index (χ3n) is 2.87. The van der Waals surface area contributed by atoms with Gasteiger partial charge < -0.3 is 9.67 Å². The molecule has 0 saturated heterocycles. The molecule has 1 heterocycles. The molecule has 0 saturated carbocycles. The Balaban J connectivity index is 3.18. The molecule has 1 aromatic rings. The predicted molar refractivity (Wildman–Crippen MR) is 70.8 cm³/mol. The molecule has 0 atom stereocenters. The summed E-state index contributed by atoms with van der Waals surface area (Å²) in [5, 5.41) is 9.26. The van der Waals surface area contributed by atoms with Crippen LogP contribution in [0.1, 0.15) is 38.9 Å². The molecule has 0 aliphatic rings. The summed E-state index contributed by atoms with van der Waals surface area (Å²) in [4.78, 5) is 0.246. The molecule has 104 valence electrons. The van der Waals surface area contributed by atoms with Gasteiger partial charge in [-0.25, -0.2) is 12.7 Å². The summed E-state index contributed by atoms with van der Waals surface area (Å²) < 4.78 is 27.6. The van der Waals surface area contributed by atoms with E-state index < -0.39 is 10.0 Å². The minimum Gasteiger partial charge on any atom is -0.390 e. The number of nitrogens with zero attached hydrogens (tertiary/aromatic N) is 2. The van der Waals surface area contributed by atoms with E-state index in [0.29, 0.717) is 12.2 Å². The monoisotopic (exact) mass is 274 g/mol. The van der Waals surface area contributed by atoms with Gasteiger partial charge in [-0.05, 0) is 26.3 Å². The van der Waals surface area contributed by atoms with Gasteiger partial charge in [-0.3, -0.25) is 0 Å². The Morgan fingerprint density at radius 3 is 2.44 bits per heavy atom. The third kappa shape index (κ3) is 2.93. The minimum absolute atomic E-state index is 0.118. The lowest BCUT2D eigenvalue weighted by Crippen LogP contribution is -2.27. The molecule has 0 spiro atoms. The Kier molecular flexibility index (Phi) is 4.95. The van der Waals surface area contributed by atoms with Crippen LogP contribution in [-0.2, 0) is 16.6 Å². The Hall–Kier alpha value is -0.850. The summed E-state index contributed by atoms with van der Waals surface area (Å²) in [7, 11) is -1.87. The molecule has 6 heteroatoms. The molecule has 0 aliphatic heterocycles. The van der Waals surface area contributed by atoms with Crippen LogP contribution < -0.4 is 0 Å². The summed E-state index contributed by atoms with van der Waals surface area (Å²) in [5.41, 5.74) is 0.619. The Morgan fingerprint density at radius 1 is 1.44 bits per heavy atom. The van der Waals surface area contributed by atoms with E-state index in [1.165, 1.54) is 4.31 Å². The van der Waals surface area contributed by atoms with E-state index in [4.69, 9.17) is 0 Å². The van der Waals surface area contributed by atoms with Crippen molar-refractivity contribution in [2.24, 2.45) is 0 Å². The first-order chi connectivity index (χ1) is 8.34. The van der Waals surface area contributed by atoms with Gasteiger partial charge in [0, 0.05) is 31.5 Å². The van der Waals surface area contributed by atoms with Crippen molar-refractivity contribution in [1.82, 2.24) is 8.87 Å². The SMILES string of the molecule is CCCN(C)S(=O)(=O)c1cc(CO)n(C(C)C)c1. The van der Waals surface area contributed by atoms with Crippen LogP contribution in [0, 0.1) is 0 Å². The molecule has 1 aromatic heterocycles. The predicted octanol–water partition coefficient (Wildman–Crippen LogP) is 1.59. The van der Waals surface area contributed by atoms with Gasteiger partial charge in [0.1, 0.15) is 4.90 Å². The number of aliphatic hydroxyl groups is 1. The average Bonchev–Trinajstić information content (AvgIpc) is 2.73. The molecule has 0 aromatic carbocycles. The molecule has 18 heavy (non-hydrogen) atoms. The van der Waals surface area contributed by atoms with Crippen molar-refractivity contribution in [1.29, 1.82) is 0 Å². The Bertz CT molecular complexity index is 491. The van der Waals surface area contributed by atoms with E-state index in [1.54, 1.807) is 23.9 Å². The lowest BCUT2D eigenvalue weighted by molar-refractivity contribution is 0.268. The fourth-order valence-electron chi connectivity index (χ4n) is 1.86. The van der Waals surface area contributed by atoms with Crippen molar-refractivity contribution in [3.8, 4) is 0 Å². The minimum atomic E-state index is -3.45. The fraction of sp³-hybridized carbons (Fsp3) is 0.667. The van der Waals surface area contributed by atoms with E-state index in [1.807, 2.05) is 20.8 Å². The van der Waals surface area contributed by atoms with Crippen LogP contribution in [0.3, 0.4) is 0 Å². The number of aromatic nitrogens is 1. The summed E-state index contributed by atoms with van der Waals surface area (Å²) >= 11 is 0. The first kappa shape index (κ1) is 15.2. The van der Waals surface area contributed by atoms with Gasteiger partial charge in [-0.15, -0.1) is 0 Å². The zero-order valence-electron chi connectivity index (χ0n) is 11.4. The highest BCUT2D eigenvalue weighted by atomic mass is 32.2. The maximum absolute atomic E-state index is 12.3. The van der Waals surface area contributed by atoms with Crippen LogP contribution in [0.15, 0.2) is 17.2 Å². The van der Waals surface area contributed by atoms with Gasteiger partial charge in [0.25, 0.3) is 0 Å². The van der Waals surface area contributed by atoms with Crippen molar-refractivity contribution in [2.45, 2.75) is 44.7 Å². The van der Waals surface area contributed by atoms with Crippen molar-refractivity contribution in [3.05, 3.63) is 18.0 Å². The molecule has 0 amide bonds. The number of rotatable bonds is 6. The van der Waals surface area contributed by atoms with E-state index in [9.17, 15) is 13.5 Å². The highest BCUT2D eigenvalue weighted by Crippen LogP contribution is 2.21. The van der Waals surface area contributed by atoms with Gasteiger partial charge in [0.15, 0.2) is 0 Å². The van der Waals surface area contributed by atoms with Crippen LogP contribution >= 0.6 is 0 Å². The van der Waals surface area contributed by atoms with Crippen molar-refractivity contribution >= 4 is 10.0 Å². The standard InChI is InChI=1S/C12H22N2O3S/c1-5-6-13(4)18(16,17)12-7-11(9-15)14(8-12)10(2)3/h7-8,10,15H,5-6,9H2,1-4H3. The molecule has 0 unspecified atom stereocenters. The first-order valence-corrected chi connectivity index (χ1v) is 7.56. The maximum atomic E-state index is 12.3. The van der Waals surface area contributed by atoms with Gasteiger partial charge >= 0.3 is 0 Å². The Labute approximate surface area is 109 Å². The zero-order valence-corrected chi connectivity index (χ0v) is 12.2. The lowest BCUT2D eigenvalue weighted by Gasteiger charge is -2.15. The molecule has 0 aliphatic carbocycles. The van der Waals surface area contributed by atoms with Crippen LogP contribution in [-0.4, -0.2) is 36.0 Å². The zero-order chi connectivity index (χ0) is 13.9. The van der Waals surface area contributed by atoms with Crippen LogP contribution in [0.4, 0.5) is 0 Å². The van der Waals surface area contributed by atoms with Crippen LogP contribution in [0.25, 0.3) is 0 Å². The first-order valence-electron chi connectivity index (χ1n) is 6.12. The van der Waals surface area contributed by atoms with Crippen molar-refractivity contribution in [3.63, 3.8) is 0 Å². The van der Waals surface area contributed by atoms with Crippen LogP contribution in [0.2, 0.25) is 0 Å². The molecular formula is C12H22N2O3S. The average molecular weight is 274 g/mol. The summed E-state index contributed by atoms with van der Waals surface area (Å²) in [5.74, 6) is 0. The number of sulfonamides is 1. The summed E-state index contributed by atoms with van der Waals surface area (Å²) in [6.07, 6.45) is 2.37. The second-order valence-electron chi connectivity index (χ2n) is 4.65. The topological polar surface area (TPSA) is 62.5 Å². The maximum Gasteiger partial charge on any atom is 0.244 e.